The van der Waals surface area contributed by atoms with Crippen molar-refractivity contribution in [1.29, 1.82) is 0 Å². The van der Waals surface area contributed by atoms with Crippen molar-refractivity contribution in [2.75, 3.05) is 31.6 Å². The molecular formula is C21H23N3O5. The zero-order chi connectivity index (χ0) is 20.4. The van der Waals surface area contributed by atoms with E-state index in [1.807, 2.05) is 18.2 Å². The monoisotopic (exact) mass is 397 g/mol. The van der Waals surface area contributed by atoms with E-state index in [4.69, 9.17) is 4.42 Å². The van der Waals surface area contributed by atoms with Crippen LogP contribution in [-0.4, -0.2) is 60.5 Å². The van der Waals surface area contributed by atoms with Crippen LogP contribution in [-0.2, 0) is 16.1 Å². The summed E-state index contributed by atoms with van der Waals surface area (Å²) in [4.78, 5) is 41.9. The number of anilines is 1. The third-order valence-electron chi connectivity index (χ3n) is 5.43. The Morgan fingerprint density at radius 3 is 2.52 bits per heavy atom. The fourth-order valence-electron chi connectivity index (χ4n) is 3.92. The van der Waals surface area contributed by atoms with Gasteiger partial charge in [-0.3, -0.25) is 9.69 Å². The number of urea groups is 1. The van der Waals surface area contributed by atoms with Gasteiger partial charge in [0.05, 0.1) is 19.3 Å². The van der Waals surface area contributed by atoms with Crippen LogP contribution in [0.25, 0.3) is 0 Å². The number of amides is 3. The minimum absolute atomic E-state index is 0.0404. The molecule has 8 heteroatoms. The molecule has 2 aliphatic heterocycles. The van der Waals surface area contributed by atoms with E-state index in [-0.39, 0.29) is 30.3 Å². The summed E-state index contributed by atoms with van der Waals surface area (Å²) in [5.41, 5.74) is 0.613. The number of likely N-dealkylation sites (tertiary alicyclic amines) is 1. The summed E-state index contributed by atoms with van der Waals surface area (Å²) >= 11 is 0. The molecule has 0 aliphatic carbocycles. The molecule has 0 atom stereocenters. The number of hydrogen-bond acceptors (Lipinski definition) is 6. The lowest BCUT2D eigenvalue weighted by Crippen LogP contribution is -2.46. The second-order valence-electron chi connectivity index (χ2n) is 7.24. The fraction of sp³-hybridized carbons (Fsp3) is 0.381. The molecule has 2 saturated heterocycles. The molecule has 0 bridgehead atoms. The quantitative estimate of drug-likeness (QED) is 0.569. The first-order chi connectivity index (χ1) is 14.1. The number of esters is 1. The number of imide groups is 1. The predicted octanol–water partition coefficient (Wildman–Crippen LogP) is 2.50. The number of carbonyl (C=O) groups is 3. The van der Waals surface area contributed by atoms with Crippen LogP contribution >= 0.6 is 0 Å². The lowest BCUT2D eigenvalue weighted by atomic mass is 10.0. The topological polar surface area (TPSA) is 83.3 Å². The van der Waals surface area contributed by atoms with Crippen molar-refractivity contribution in [1.82, 2.24) is 9.80 Å². The highest BCUT2D eigenvalue weighted by Crippen LogP contribution is 2.26. The minimum atomic E-state index is -0.491. The summed E-state index contributed by atoms with van der Waals surface area (Å²) in [6, 6.07) is 12.2. The van der Waals surface area contributed by atoms with Crippen molar-refractivity contribution in [3.05, 3.63) is 54.0 Å². The van der Waals surface area contributed by atoms with E-state index in [0.717, 1.165) is 25.9 Å². The van der Waals surface area contributed by atoms with Crippen LogP contribution in [0.1, 0.15) is 29.2 Å². The van der Waals surface area contributed by atoms with Crippen LogP contribution in [0.15, 0.2) is 46.9 Å². The number of carbonyl (C=O) groups excluding carboxylic acids is 3. The number of ether oxygens (including phenoxy) is 1. The summed E-state index contributed by atoms with van der Waals surface area (Å²) in [6.07, 6.45) is 1.57. The number of nitrogens with zero attached hydrogens (tertiary/aromatic N) is 3. The summed E-state index contributed by atoms with van der Waals surface area (Å²) < 4.78 is 10.2. The van der Waals surface area contributed by atoms with Gasteiger partial charge in [0, 0.05) is 19.1 Å². The molecule has 1 aromatic carbocycles. The lowest BCUT2D eigenvalue weighted by Gasteiger charge is -2.35. The Morgan fingerprint density at radius 2 is 1.83 bits per heavy atom. The first-order valence-corrected chi connectivity index (χ1v) is 9.65. The van der Waals surface area contributed by atoms with Crippen molar-refractivity contribution in [3.8, 4) is 0 Å². The predicted molar refractivity (Wildman–Crippen MR) is 104 cm³/mol. The van der Waals surface area contributed by atoms with Gasteiger partial charge in [-0.05, 0) is 37.1 Å². The number of piperidine rings is 1. The highest BCUT2D eigenvalue weighted by atomic mass is 16.5. The second-order valence-corrected chi connectivity index (χ2v) is 7.24. The van der Waals surface area contributed by atoms with Crippen LogP contribution in [0, 0.1) is 0 Å². The average Bonchev–Trinajstić information content (AvgIpc) is 3.33. The van der Waals surface area contributed by atoms with Crippen molar-refractivity contribution in [3.63, 3.8) is 0 Å². The van der Waals surface area contributed by atoms with Gasteiger partial charge in [0.15, 0.2) is 0 Å². The van der Waals surface area contributed by atoms with Gasteiger partial charge in [0.1, 0.15) is 12.3 Å². The van der Waals surface area contributed by atoms with Gasteiger partial charge in [-0.25, -0.2) is 14.5 Å². The molecule has 1 aromatic heterocycles. The van der Waals surface area contributed by atoms with Gasteiger partial charge in [-0.2, -0.15) is 0 Å². The van der Waals surface area contributed by atoms with E-state index in [1.54, 1.807) is 29.2 Å². The molecular weight excluding hydrogens is 374 g/mol. The number of rotatable bonds is 5. The molecule has 3 heterocycles. The molecule has 0 radical (unpaired) electrons. The number of para-hydroxylation sites is 1. The van der Waals surface area contributed by atoms with E-state index in [9.17, 15) is 14.4 Å². The zero-order valence-electron chi connectivity index (χ0n) is 16.2. The Morgan fingerprint density at radius 1 is 1.10 bits per heavy atom. The summed E-state index contributed by atoms with van der Waals surface area (Å²) in [5, 5.41) is 0. The minimum Gasteiger partial charge on any atom is -0.463 e. The van der Waals surface area contributed by atoms with E-state index < -0.39 is 5.97 Å². The van der Waals surface area contributed by atoms with Crippen molar-refractivity contribution in [2.45, 2.75) is 25.4 Å². The lowest BCUT2D eigenvalue weighted by molar-refractivity contribution is -0.116. The Bertz CT molecular complexity index is 902. The van der Waals surface area contributed by atoms with Gasteiger partial charge in [-0.1, -0.05) is 18.2 Å². The molecule has 29 heavy (non-hydrogen) atoms. The Kier molecular flexibility index (Phi) is 5.35. The van der Waals surface area contributed by atoms with Crippen LogP contribution in [0.4, 0.5) is 10.5 Å². The van der Waals surface area contributed by atoms with Crippen molar-refractivity contribution >= 4 is 23.6 Å². The molecule has 152 valence electrons. The maximum Gasteiger partial charge on any atom is 0.373 e. The number of furan rings is 1. The van der Waals surface area contributed by atoms with Gasteiger partial charge >= 0.3 is 12.0 Å². The summed E-state index contributed by atoms with van der Waals surface area (Å²) in [5.74, 6) is 0.218. The van der Waals surface area contributed by atoms with E-state index in [2.05, 4.69) is 9.64 Å². The maximum absolute atomic E-state index is 12.8. The molecule has 0 N–H and O–H groups in total. The van der Waals surface area contributed by atoms with Gasteiger partial charge in [0.2, 0.25) is 5.76 Å². The Balaban J connectivity index is 1.34. The Labute approximate surface area is 168 Å². The molecule has 4 rings (SSSR count). The SMILES string of the molecule is COC(=O)c1ccc(CN2CCC(N3CC(=O)N(c4ccccc4)C3=O)CC2)o1. The van der Waals surface area contributed by atoms with Crippen LogP contribution in [0.3, 0.4) is 0 Å². The number of hydrogen-bond donors (Lipinski definition) is 0. The van der Waals surface area contributed by atoms with Crippen LogP contribution in [0.2, 0.25) is 0 Å². The largest absolute Gasteiger partial charge is 0.463 e. The molecule has 8 nitrogen and oxygen atoms in total. The first-order valence-electron chi connectivity index (χ1n) is 9.65. The van der Waals surface area contributed by atoms with Crippen LogP contribution in [0.5, 0.6) is 0 Å². The molecule has 2 aliphatic rings. The van der Waals surface area contributed by atoms with Gasteiger partial charge in [-0.15, -0.1) is 0 Å². The summed E-state index contributed by atoms with van der Waals surface area (Å²) in [6.45, 7) is 2.27. The smallest absolute Gasteiger partial charge is 0.373 e. The van der Waals surface area contributed by atoms with Crippen molar-refractivity contribution in [2.24, 2.45) is 0 Å². The molecule has 3 amide bonds. The molecule has 0 unspecified atom stereocenters. The van der Waals surface area contributed by atoms with E-state index in [1.165, 1.54) is 12.0 Å². The van der Waals surface area contributed by atoms with Crippen LogP contribution < -0.4 is 4.90 Å². The third kappa shape index (κ3) is 3.88. The normalized spacial score (nSPS) is 18.5. The van der Waals surface area contributed by atoms with Gasteiger partial charge in [0.25, 0.3) is 5.91 Å². The third-order valence-corrected chi connectivity index (χ3v) is 5.43. The van der Waals surface area contributed by atoms with E-state index >= 15 is 0 Å². The average molecular weight is 397 g/mol. The molecule has 2 aromatic rings. The maximum atomic E-state index is 12.8. The highest BCUT2D eigenvalue weighted by Gasteiger charge is 2.41. The zero-order valence-corrected chi connectivity index (χ0v) is 16.2. The second kappa shape index (κ2) is 8.08. The molecule has 0 spiro atoms. The molecule has 0 saturated carbocycles. The van der Waals surface area contributed by atoms with Crippen molar-refractivity contribution < 1.29 is 23.5 Å². The summed E-state index contributed by atoms with van der Waals surface area (Å²) in [7, 11) is 1.32. The van der Waals surface area contributed by atoms with E-state index in [0.29, 0.717) is 18.0 Å². The van der Waals surface area contributed by atoms with Gasteiger partial charge < -0.3 is 14.1 Å². The first kappa shape index (κ1) is 19.2. The highest BCUT2D eigenvalue weighted by molar-refractivity contribution is 6.19. The Hall–Kier alpha value is -3.13. The molecule has 2 fully saturated rings. The standard InChI is InChI=1S/C21H23N3O5/c1-28-20(26)18-8-7-17(29-18)13-22-11-9-15(10-12-22)23-14-19(25)24(21(23)27)16-5-3-2-4-6-16/h2-8,15H,9-14H2,1H3. The number of benzene rings is 1. The number of methoxy groups -OCH3 is 1. The fourth-order valence-corrected chi connectivity index (χ4v) is 3.92.